The zero-order valence-electron chi connectivity index (χ0n) is 32.9. The number of hydrogen-bond acceptors (Lipinski definition) is 2. The van der Waals surface area contributed by atoms with Crippen LogP contribution in [-0.2, 0) is 0 Å². The lowest BCUT2D eigenvalue weighted by Gasteiger charge is -2.26. The third-order valence-corrected chi connectivity index (χ3v) is 11.7. The van der Waals surface area contributed by atoms with Crippen molar-refractivity contribution in [3.05, 3.63) is 237 Å². The van der Waals surface area contributed by atoms with Crippen molar-refractivity contribution in [2.75, 3.05) is 4.90 Å². The van der Waals surface area contributed by atoms with Crippen LogP contribution in [0.15, 0.2) is 241 Å². The topological polar surface area (TPSA) is 16.4 Å². The van der Waals surface area contributed by atoms with E-state index in [1.165, 1.54) is 60.5 Å². The number of nitrogens with zero attached hydrogens (tertiary/aromatic N) is 1. The van der Waals surface area contributed by atoms with Gasteiger partial charge in [-0.3, -0.25) is 0 Å². The maximum Gasteiger partial charge on any atom is 0.135 e. The fourth-order valence-electron chi connectivity index (χ4n) is 8.43. The smallest absolute Gasteiger partial charge is 0.135 e. The van der Waals surface area contributed by atoms with E-state index in [-0.39, 0.29) is 0 Å². The van der Waals surface area contributed by atoms with Gasteiger partial charge in [-0.2, -0.15) is 0 Å². The zero-order chi connectivity index (χ0) is 39.8. The van der Waals surface area contributed by atoms with E-state index in [0.29, 0.717) is 0 Å². The average molecular weight is 766 g/mol. The first-order chi connectivity index (χ1) is 29.7. The van der Waals surface area contributed by atoms with Crippen LogP contribution in [0.1, 0.15) is 0 Å². The van der Waals surface area contributed by atoms with Crippen molar-refractivity contribution in [3.8, 4) is 55.8 Å². The molecule has 0 spiro atoms. The zero-order valence-corrected chi connectivity index (χ0v) is 32.9. The van der Waals surface area contributed by atoms with Crippen LogP contribution < -0.4 is 4.90 Å². The van der Waals surface area contributed by atoms with Crippen LogP contribution in [0.3, 0.4) is 0 Å². The van der Waals surface area contributed by atoms with Gasteiger partial charge in [0.25, 0.3) is 0 Å². The molecule has 11 rings (SSSR count). The van der Waals surface area contributed by atoms with Crippen LogP contribution in [0.5, 0.6) is 0 Å². The first-order valence-electron chi connectivity index (χ1n) is 20.5. The molecule has 0 bridgehead atoms. The van der Waals surface area contributed by atoms with Crippen molar-refractivity contribution in [1.82, 2.24) is 0 Å². The molecular weight excluding hydrogens is 727 g/mol. The Morgan fingerprint density at radius 2 is 0.600 bits per heavy atom. The van der Waals surface area contributed by atoms with Crippen LogP contribution in [-0.4, -0.2) is 0 Å². The van der Waals surface area contributed by atoms with E-state index < -0.39 is 0 Å². The minimum absolute atomic E-state index is 0.880. The summed E-state index contributed by atoms with van der Waals surface area (Å²) in [5.41, 5.74) is 14.7. The Labute approximate surface area is 349 Å². The van der Waals surface area contributed by atoms with Gasteiger partial charge < -0.3 is 9.32 Å². The van der Waals surface area contributed by atoms with E-state index in [9.17, 15) is 0 Å². The van der Waals surface area contributed by atoms with E-state index in [4.69, 9.17) is 4.42 Å². The van der Waals surface area contributed by atoms with E-state index in [1.54, 1.807) is 0 Å². The molecule has 0 saturated carbocycles. The standard InChI is InChI=1S/C58H39NO/c1-3-10-47-36-50(22-20-40(47)8-1)45-26-32-55(33-27-45)59(56-34-28-46(29-35-56)51-23-21-41-9-2-4-11-48(41)37-51)54-30-24-43(25-31-54)42-16-18-44(19-17-42)49-13-7-14-52(38-49)58-39-53-12-5-6-15-57(53)60-58/h1-39H. The molecule has 0 fully saturated rings. The third-order valence-electron chi connectivity index (χ3n) is 11.7. The molecule has 0 atom stereocenters. The fourth-order valence-corrected chi connectivity index (χ4v) is 8.43. The molecule has 1 aromatic heterocycles. The molecule has 11 aromatic rings. The third kappa shape index (κ3) is 6.81. The predicted molar refractivity (Wildman–Crippen MR) is 253 cm³/mol. The van der Waals surface area contributed by atoms with Crippen molar-refractivity contribution in [2.24, 2.45) is 0 Å². The lowest BCUT2D eigenvalue weighted by molar-refractivity contribution is 0.631. The molecule has 60 heavy (non-hydrogen) atoms. The summed E-state index contributed by atoms with van der Waals surface area (Å²) < 4.78 is 6.17. The highest BCUT2D eigenvalue weighted by atomic mass is 16.3. The molecule has 0 aliphatic rings. The highest BCUT2D eigenvalue weighted by Gasteiger charge is 2.15. The Kier molecular flexibility index (Phi) is 8.87. The minimum atomic E-state index is 0.880. The van der Waals surface area contributed by atoms with Crippen molar-refractivity contribution in [2.45, 2.75) is 0 Å². The molecule has 0 aliphatic carbocycles. The number of benzene rings is 10. The molecule has 0 radical (unpaired) electrons. The molecule has 0 N–H and O–H groups in total. The SMILES string of the molecule is c1cc(-c2ccc(-c3ccc(N(c4ccc(-c5ccc6ccccc6c5)cc4)c4ccc(-c5ccc6ccccc6c5)cc4)cc3)cc2)cc(-c2cc3ccccc3o2)c1. The highest BCUT2D eigenvalue weighted by Crippen LogP contribution is 2.39. The van der Waals surface area contributed by atoms with Crippen molar-refractivity contribution >= 4 is 49.6 Å². The van der Waals surface area contributed by atoms with E-state index in [2.05, 4.69) is 223 Å². The van der Waals surface area contributed by atoms with Crippen LogP contribution in [0.4, 0.5) is 17.1 Å². The number of fused-ring (bicyclic) bond motifs is 3. The van der Waals surface area contributed by atoms with Gasteiger partial charge in [0.1, 0.15) is 11.3 Å². The Balaban J connectivity index is 0.897. The first kappa shape index (κ1) is 35.2. The Hall–Kier alpha value is -7.94. The van der Waals surface area contributed by atoms with Gasteiger partial charge in [0.15, 0.2) is 0 Å². The van der Waals surface area contributed by atoms with Gasteiger partial charge in [-0.1, -0.05) is 170 Å². The summed E-state index contributed by atoms with van der Waals surface area (Å²) in [5, 5.41) is 6.10. The second kappa shape index (κ2) is 15.1. The molecule has 2 nitrogen and oxygen atoms in total. The summed E-state index contributed by atoms with van der Waals surface area (Å²) in [7, 11) is 0. The Bertz CT molecular complexity index is 3130. The van der Waals surface area contributed by atoms with E-state index in [1.807, 2.05) is 18.2 Å². The maximum absolute atomic E-state index is 6.17. The minimum Gasteiger partial charge on any atom is -0.456 e. The molecule has 0 aliphatic heterocycles. The van der Waals surface area contributed by atoms with Crippen molar-refractivity contribution in [3.63, 3.8) is 0 Å². The summed E-state index contributed by atoms with van der Waals surface area (Å²) >= 11 is 0. The second-order valence-corrected chi connectivity index (χ2v) is 15.4. The lowest BCUT2D eigenvalue weighted by atomic mass is 9.98. The van der Waals surface area contributed by atoms with E-state index >= 15 is 0 Å². The number of anilines is 3. The van der Waals surface area contributed by atoms with Crippen molar-refractivity contribution < 1.29 is 4.42 Å². The largest absolute Gasteiger partial charge is 0.456 e. The van der Waals surface area contributed by atoms with Gasteiger partial charge in [-0.15, -0.1) is 0 Å². The van der Waals surface area contributed by atoms with Crippen LogP contribution in [0.25, 0.3) is 88.3 Å². The number of rotatable bonds is 8. The van der Waals surface area contributed by atoms with Gasteiger partial charge in [-0.05, 0) is 133 Å². The summed E-state index contributed by atoms with van der Waals surface area (Å²) in [4.78, 5) is 2.34. The monoisotopic (exact) mass is 765 g/mol. The number of furan rings is 1. The van der Waals surface area contributed by atoms with Crippen LogP contribution in [0, 0.1) is 0 Å². The normalized spacial score (nSPS) is 11.3. The number of para-hydroxylation sites is 1. The molecule has 10 aromatic carbocycles. The predicted octanol–water partition coefficient (Wildman–Crippen LogP) is 16.5. The lowest BCUT2D eigenvalue weighted by Crippen LogP contribution is -2.09. The van der Waals surface area contributed by atoms with Crippen molar-refractivity contribution in [1.29, 1.82) is 0 Å². The molecule has 0 amide bonds. The molecule has 0 unspecified atom stereocenters. The Morgan fingerprint density at radius 1 is 0.233 bits per heavy atom. The highest BCUT2D eigenvalue weighted by molar-refractivity contribution is 5.90. The van der Waals surface area contributed by atoms with E-state index in [0.717, 1.165) is 44.9 Å². The average Bonchev–Trinajstić information content (AvgIpc) is 3.77. The fraction of sp³-hybridized carbons (Fsp3) is 0. The molecule has 2 heteroatoms. The van der Waals surface area contributed by atoms with Gasteiger partial charge in [-0.25, -0.2) is 0 Å². The molecular formula is C58H39NO. The second-order valence-electron chi connectivity index (χ2n) is 15.4. The first-order valence-corrected chi connectivity index (χ1v) is 20.5. The Morgan fingerprint density at radius 3 is 1.08 bits per heavy atom. The maximum atomic E-state index is 6.17. The molecule has 282 valence electrons. The van der Waals surface area contributed by atoms with Crippen LogP contribution >= 0.6 is 0 Å². The number of hydrogen-bond donors (Lipinski definition) is 0. The molecule has 0 saturated heterocycles. The summed E-state index contributed by atoms with van der Waals surface area (Å²) in [6.45, 7) is 0. The summed E-state index contributed by atoms with van der Waals surface area (Å²) in [6, 6.07) is 84.9. The van der Waals surface area contributed by atoms with Gasteiger partial charge >= 0.3 is 0 Å². The molecule has 1 heterocycles. The summed E-state index contributed by atoms with van der Waals surface area (Å²) in [6.07, 6.45) is 0. The summed E-state index contributed by atoms with van der Waals surface area (Å²) in [5.74, 6) is 0.880. The van der Waals surface area contributed by atoms with Gasteiger partial charge in [0, 0.05) is 28.0 Å². The van der Waals surface area contributed by atoms with Gasteiger partial charge in [0.05, 0.1) is 0 Å². The quantitative estimate of drug-likeness (QED) is 0.153. The van der Waals surface area contributed by atoms with Crippen LogP contribution in [0.2, 0.25) is 0 Å². The van der Waals surface area contributed by atoms with Gasteiger partial charge in [0.2, 0.25) is 0 Å².